The van der Waals surface area contributed by atoms with E-state index in [1.54, 1.807) is 0 Å². The number of nitriles is 1. The Hall–Kier alpha value is -1.18. The van der Waals surface area contributed by atoms with Crippen LogP contribution in [-0.4, -0.2) is 17.6 Å². The maximum atomic E-state index is 8.95. The first kappa shape index (κ1) is 10.0. The van der Waals surface area contributed by atoms with Crippen molar-refractivity contribution >= 4 is 21.5 Å². The van der Waals surface area contributed by atoms with Crippen LogP contribution < -0.4 is 5.32 Å². The third-order valence-corrected chi connectivity index (χ3v) is 3.95. The fraction of sp³-hybridized carbons (Fsp3) is 0.333. The van der Waals surface area contributed by atoms with E-state index in [1.165, 1.54) is 5.57 Å². The third-order valence-electron chi connectivity index (χ3n) is 3.32. The van der Waals surface area contributed by atoms with Crippen LogP contribution in [0, 0.1) is 17.2 Å². The van der Waals surface area contributed by atoms with Gasteiger partial charge in [0.1, 0.15) is 10.7 Å². The molecule has 1 aromatic rings. The molecule has 2 atom stereocenters. The Bertz CT molecular complexity index is 515. The van der Waals surface area contributed by atoms with Gasteiger partial charge >= 0.3 is 0 Å². The standard InChI is InChI=1S/C12H10BrN3/c13-12-8(4-14)2-9(5-16-12)7-1-10-6-15-11(10)3-7/h2-3,5,10-11,15H,1,6H2/t10-,11-/m0/s1. The molecule has 0 aromatic carbocycles. The fourth-order valence-electron chi connectivity index (χ4n) is 2.30. The van der Waals surface area contributed by atoms with Gasteiger partial charge in [-0.15, -0.1) is 0 Å². The van der Waals surface area contributed by atoms with Crippen LogP contribution in [-0.2, 0) is 0 Å². The van der Waals surface area contributed by atoms with Crippen LogP contribution in [0.2, 0.25) is 0 Å². The summed E-state index contributed by atoms with van der Waals surface area (Å²) in [5, 5.41) is 12.3. The van der Waals surface area contributed by atoms with Crippen LogP contribution in [0.5, 0.6) is 0 Å². The van der Waals surface area contributed by atoms with Crippen LogP contribution in [0.25, 0.3) is 5.57 Å². The summed E-state index contributed by atoms with van der Waals surface area (Å²) in [5.41, 5.74) is 3.00. The zero-order chi connectivity index (χ0) is 11.1. The monoisotopic (exact) mass is 275 g/mol. The molecule has 0 amide bonds. The molecule has 3 rings (SSSR count). The Morgan fingerprint density at radius 1 is 1.56 bits per heavy atom. The third kappa shape index (κ3) is 1.48. The minimum Gasteiger partial charge on any atom is -0.310 e. The van der Waals surface area contributed by atoms with E-state index >= 15 is 0 Å². The summed E-state index contributed by atoms with van der Waals surface area (Å²) in [6.45, 7) is 1.11. The number of nitrogens with one attached hydrogen (secondary N) is 1. The SMILES string of the molecule is N#Cc1cc(C2=C[C@@H]3NC[C@@H]3C2)cnc1Br. The highest BCUT2D eigenvalue weighted by molar-refractivity contribution is 9.10. The van der Waals surface area contributed by atoms with E-state index < -0.39 is 0 Å². The molecule has 1 aliphatic heterocycles. The molecule has 3 nitrogen and oxygen atoms in total. The van der Waals surface area contributed by atoms with E-state index in [0.717, 1.165) is 24.4 Å². The number of fused-ring (bicyclic) bond motifs is 1. The molecule has 0 bridgehead atoms. The minimum absolute atomic E-state index is 0.546. The number of allylic oxidation sites excluding steroid dienone is 1. The minimum atomic E-state index is 0.546. The van der Waals surface area contributed by atoms with Gasteiger partial charge in [-0.05, 0) is 45.5 Å². The van der Waals surface area contributed by atoms with Crippen molar-refractivity contribution in [1.29, 1.82) is 5.26 Å². The highest BCUT2D eigenvalue weighted by Crippen LogP contribution is 2.36. The van der Waals surface area contributed by atoms with Gasteiger partial charge in [-0.1, -0.05) is 6.08 Å². The maximum Gasteiger partial charge on any atom is 0.123 e. The summed E-state index contributed by atoms with van der Waals surface area (Å²) in [6, 6.07) is 4.60. The van der Waals surface area contributed by atoms with Crippen molar-refractivity contribution in [2.45, 2.75) is 12.5 Å². The normalized spacial score (nSPS) is 26.6. The van der Waals surface area contributed by atoms with Gasteiger partial charge in [0.25, 0.3) is 0 Å². The second kappa shape index (κ2) is 3.69. The van der Waals surface area contributed by atoms with Gasteiger partial charge in [0.15, 0.2) is 0 Å². The van der Waals surface area contributed by atoms with Crippen molar-refractivity contribution < 1.29 is 0 Å². The molecule has 4 heteroatoms. The van der Waals surface area contributed by atoms with E-state index in [4.69, 9.17) is 5.26 Å². The van der Waals surface area contributed by atoms with E-state index in [2.05, 4.69) is 38.4 Å². The first-order valence-electron chi connectivity index (χ1n) is 5.28. The largest absolute Gasteiger partial charge is 0.310 e. The highest BCUT2D eigenvalue weighted by atomic mass is 79.9. The molecule has 1 aromatic heterocycles. The molecule has 0 radical (unpaired) electrons. The van der Waals surface area contributed by atoms with E-state index in [9.17, 15) is 0 Å². The van der Waals surface area contributed by atoms with Gasteiger partial charge in [0.2, 0.25) is 0 Å². The summed E-state index contributed by atoms with van der Waals surface area (Å²) in [5.74, 6) is 0.754. The predicted molar refractivity (Wildman–Crippen MR) is 64.5 cm³/mol. The smallest absolute Gasteiger partial charge is 0.123 e. The van der Waals surface area contributed by atoms with E-state index in [-0.39, 0.29) is 0 Å². The molecular weight excluding hydrogens is 266 g/mol. The van der Waals surface area contributed by atoms with Crippen molar-refractivity contribution in [1.82, 2.24) is 10.3 Å². The molecule has 0 spiro atoms. The summed E-state index contributed by atoms with van der Waals surface area (Å²) in [4.78, 5) is 4.20. The molecule has 0 saturated carbocycles. The van der Waals surface area contributed by atoms with Crippen LogP contribution in [0.1, 0.15) is 17.5 Å². The number of aromatic nitrogens is 1. The van der Waals surface area contributed by atoms with Gasteiger partial charge in [-0.25, -0.2) is 4.98 Å². The molecule has 16 heavy (non-hydrogen) atoms. The fourth-order valence-corrected chi connectivity index (χ4v) is 2.60. The highest BCUT2D eigenvalue weighted by Gasteiger charge is 2.34. The van der Waals surface area contributed by atoms with Crippen molar-refractivity contribution in [2.24, 2.45) is 5.92 Å². The Morgan fingerprint density at radius 3 is 3.00 bits per heavy atom. The van der Waals surface area contributed by atoms with Crippen LogP contribution >= 0.6 is 15.9 Å². The average molecular weight is 276 g/mol. The van der Waals surface area contributed by atoms with E-state index in [0.29, 0.717) is 16.2 Å². The number of halogens is 1. The van der Waals surface area contributed by atoms with Crippen LogP contribution in [0.4, 0.5) is 0 Å². The van der Waals surface area contributed by atoms with Crippen molar-refractivity contribution in [3.05, 3.63) is 34.1 Å². The Balaban J connectivity index is 1.96. The predicted octanol–water partition coefficient (Wildman–Crippen LogP) is 2.09. The first-order valence-corrected chi connectivity index (χ1v) is 6.07. The van der Waals surface area contributed by atoms with Crippen molar-refractivity contribution in [2.75, 3.05) is 6.54 Å². The lowest BCUT2D eigenvalue weighted by Crippen LogP contribution is -2.49. The number of pyridine rings is 1. The van der Waals surface area contributed by atoms with Crippen LogP contribution in [0.3, 0.4) is 0 Å². The topological polar surface area (TPSA) is 48.7 Å². The lowest BCUT2D eigenvalue weighted by molar-refractivity contribution is 0.301. The number of hydrogen-bond donors (Lipinski definition) is 1. The molecule has 2 aliphatic rings. The zero-order valence-corrected chi connectivity index (χ0v) is 10.2. The Morgan fingerprint density at radius 2 is 2.44 bits per heavy atom. The number of rotatable bonds is 1. The molecule has 1 N–H and O–H groups in total. The average Bonchev–Trinajstić information content (AvgIpc) is 2.56. The summed E-state index contributed by atoms with van der Waals surface area (Å²) in [6.07, 6.45) is 5.20. The van der Waals surface area contributed by atoms with Gasteiger partial charge in [-0.3, -0.25) is 0 Å². The van der Waals surface area contributed by atoms with Crippen molar-refractivity contribution in [3.63, 3.8) is 0 Å². The number of nitrogens with zero attached hydrogens (tertiary/aromatic N) is 2. The second-order valence-electron chi connectivity index (χ2n) is 4.26. The second-order valence-corrected chi connectivity index (χ2v) is 5.02. The van der Waals surface area contributed by atoms with Gasteiger partial charge in [0.05, 0.1) is 5.56 Å². The maximum absolute atomic E-state index is 8.95. The Labute approximate surface area is 102 Å². The zero-order valence-electron chi connectivity index (χ0n) is 8.57. The lowest BCUT2D eigenvalue weighted by atomic mass is 9.93. The van der Waals surface area contributed by atoms with Gasteiger partial charge in [-0.2, -0.15) is 5.26 Å². The summed E-state index contributed by atoms with van der Waals surface area (Å²) >= 11 is 3.27. The summed E-state index contributed by atoms with van der Waals surface area (Å²) in [7, 11) is 0. The molecule has 80 valence electrons. The number of hydrogen-bond acceptors (Lipinski definition) is 3. The Kier molecular flexibility index (Phi) is 2.31. The lowest BCUT2D eigenvalue weighted by Gasteiger charge is -2.31. The van der Waals surface area contributed by atoms with E-state index in [1.807, 2.05) is 12.3 Å². The van der Waals surface area contributed by atoms with Gasteiger partial charge < -0.3 is 5.32 Å². The molecular formula is C12H10BrN3. The van der Waals surface area contributed by atoms with Crippen LogP contribution in [0.15, 0.2) is 22.9 Å². The molecule has 2 heterocycles. The van der Waals surface area contributed by atoms with Crippen molar-refractivity contribution in [3.8, 4) is 6.07 Å². The molecule has 1 saturated heterocycles. The van der Waals surface area contributed by atoms with Gasteiger partial charge in [0, 0.05) is 18.8 Å². The first-order chi connectivity index (χ1) is 7.78. The molecule has 1 fully saturated rings. The molecule has 1 aliphatic carbocycles. The summed E-state index contributed by atoms with van der Waals surface area (Å²) < 4.78 is 0.624. The quantitative estimate of drug-likeness (QED) is 0.799. The molecule has 0 unspecified atom stereocenters.